The minimum Gasteiger partial charge on any atom is -0.308 e. The highest BCUT2D eigenvalue weighted by Gasteiger charge is 2.23. The molecule has 1 heterocycles. The van der Waals surface area contributed by atoms with Gasteiger partial charge in [0.2, 0.25) is 0 Å². The third kappa shape index (κ3) is 4.54. The fraction of sp³-hybridized carbons (Fsp3) is 0.364. The summed E-state index contributed by atoms with van der Waals surface area (Å²) in [6.45, 7) is 9.62. The highest BCUT2D eigenvalue weighted by molar-refractivity contribution is 7.22. The van der Waals surface area contributed by atoms with Crippen molar-refractivity contribution in [1.29, 1.82) is 0 Å². The van der Waals surface area contributed by atoms with Gasteiger partial charge in [0.15, 0.2) is 5.13 Å². The van der Waals surface area contributed by atoms with Crippen LogP contribution in [0.5, 0.6) is 0 Å². The first kappa shape index (κ1) is 22.3. The van der Waals surface area contributed by atoms with Gasteiger partial charge in [0.25, 0.3) is 5.91 Å². The fourth-order valence-corrected chi connectivity index (χ4v) is 4.16. The lowest BCUT2D eigenvalue weighted by Crippen LogP contribution is -2.37. The van der Waals surface area contributed by atoms with E-state index in [-0.39, 0.29) is 18.3 Å². The smallest absolute Gasteiger partial charge is 0.260 e. The fourth-order valence-electron chi connectivity index (χ4n) is 3.11. The van der Waals surface area contributed by atoms with Crippen molar-refractivity contribution in [3.05, 3.63) is 58.1 Å². The number of amides is 1. The summed E-state index contributed by atoms with van der Waals surface area (Å²) in [5, 5.41) is 0.769. The lowest BCUT2D eigenvalue weighted by Gasteiger charge is -2.23. The average Bonchev–Trinajstić information content (AvgIpc) is 3.02. The van der Waals surface area contributed by atoms with E-state index in [2.05, 4.69) is 36.9 Å². The van der Waals surface area contributed by atoms with E-state index in [1.54, 1.807) is 11.3 Å². The lowest BCUT2D eigenvalue weighted by atomic mass is 10.0. The Kier molecular flexibility index (Phi) is 7.21. The summed E-state index contributed by atoms with van der Waals surface area (Å²) in [6.07, 6.45) is 0. The molecule has 1 amide bonds. The molecule has 0 spiro atoms. The van der Waals surface area contributed by atoms with Crippen molar-refractivity contribution in [2.24, 2.45) is 0 Å². The van der Waals surface area contributed by atoms with Crippen LogP contribution >= 0.6 is 23.7 Å². The van der Waals surface area contributed by atoms with Gasteiger partial charge in [-0.15, -0.1) is 12.4 Å². The predicted molar refractivity (Wildman–Crippen MR) is 122 cm³/mol. The minimum atomic E-state index is 0. The second kappa shape index (κ2) is 9.03. The molecule has 0 bridgehead atoms. The van der Waals surface area contributed by atoms with Crippen molar-refractivity contribution in [3.8, 4) is 0 Å². The third-order valence-electron chi connectivity index (χ3n) is 4.93. The second-order valence-corrected chi connectivity index (χ2v) is 8.44. The Labute approximate surface area is 177 Å². The van der Waals surface area contributed by atoms with Crippen LogP contribution in [0, 0.1) is 27.7 Å². The number of rotatable bonds is 5. The summed E-state index contributed by atoms with van der Waals surface area (Å²) in [5.74, 6) is 0.0165. The van der Waals surface area contributed by atoms with E-state index >= 15 is 0 Å². The van der Waals surface area contributed by atoms with E-state index in [1.807, 2.05) is 45.0 Å². The summed E-state index contributed by atoms with van der Waals surface area (Å²) >= 11 is 1.59. The molecule has 0 unspecified atom stereocenters. The van der Waals surface area contributed by atoms with Gasteiger partial charge in [-0.25, -0.2) is 4.98 Å². The van der Waals surface area contributed by atoms with E-state index in [1.165, 1.54) is 11.1 Å². The summed E-state index contributed by atoms with van der Waals surface area (Å²) < 4.78 is 1.12. The number of likely N-dealkylation sites (N-methyl/N-ethyl adjacent to an activating group) is 1. The van der Waals surface area contributed by atoms with E-state index in [0.717, 1.165) is 38.6 Å². The molecule has 0 N–H and O–H groups in total. The van der Waals surface area contributed by atoms with E-state index in [9.17, 15) is 4.79 Å². The zero-order valence-electron chi connectivity index (χ0n) is 17.4. The molecule has 3 rings (SSSR count). The Morgan fingerprint density at radius 2 is 1.71 bits per heavy atom. The molecule has 1 aromatic heterocycles. The first-order valence-electron chi connectivity index (χ1n) is 9.18. The molecule has 4 nitrogen and oxygen atoms in total. The average molecular weight is 418 g/mol. The topological polar surface area (TPSA) is 36.4 Å². The molecule has 0 saturated heterocycles. The van der Waals surface area contributed by atoms with Gasteiger partial charge in [-0.2, -0.15) is 0 Å². The van der Waals surface area contributed by atoms with Crippen LogP contribution in [0.4, 0.5) is 5.13 Å². The van der Waals surface area contributed by atoms with Crippen molar-refractivity contribution in [2.45, 2.75) is 27.7 Å². The summed E-state index contributed by atoms with van der Waals surface area (Å²) in [7, 11) is 4.04. The number of aromatic nitrogens is 1. The quantitative estimate of drug-likeness (QED) is 0.575. The zero-order valence-corrected chi connectivity index (χ0v) is 19.0. The molecule has 150 valence electrons. The second-order valence-electron chi connectivity index (χ2n) is 7.43. The van der Waals surface area contributed by atoms with Gasteiger partial charge in [-0.1, -0.05) is 35.1 Å². The Balaban J connectivity index is 0.00000280. The van der Waals surface area contributed by atoms with E-state index in [4.69, 9.17) is 4.98 Å². The molecule has 28 heavy (non-hydrogen) atoms. The van der Waals surface area contributed by atoms with Gasteiger partial charge in [0.1, 0.15) is 0 Å². The SMILES string of the molecule is Cc1ccc(C(=O)N(CCN(C)C)c2nc3c(C)c(C)ccc3s2)c(C)c1.Cl. The number of carbonyl (C=O) groups excluding carboxylic acids is 1. The van der Waals surface area contributed by atoms with Crippen molar-refractivity contribution in [1.82, 2.24) is 9.88 Å². The van der Waals surface area contributed by atoms with Crippen molar-refractivity contribution in [2.75, 3.05) is 32.1 Å². The van der Waals surface area contributed by atoms with Gasteiger partial charge in [-0.05, 0) is 70.6 Å². The molecular weight excluding hydrogens is 390 g/mol. The maximum absolute atomic E-state index is 13.4. The lowest BCUT2D eigenvalue weighted by molar-refractivity contribution is 0.0984. The van der Waals surface area contributed by atoms with E-state index in [0.29, 0.717) is 6.54 Å². The number of halogens is 1. The number of aryl methyl sites for hydroxylation is 4. The molecule has 0 radical (unpaired) electrons. The van der Waals surface area contributed by atoms with Gasteiger partial charge >= 0.3 is 0 Å². The van der Waals surface area contributed by atoms with Crippen LogP contribution in [-0.2, 0) is 0 Å². The van der Waals surface area contributed by atoms with Gasteiger partial charge in [-0.3, -0.25) is 9.69 Å². The van der Waals surface area contributed by atoms with E-state index < -0.39 is 0 Å². The Morgan fingerprint density at radius 3 is 2.36 bits per heavy atom. The molecule has 0 aliphatic carbocycles. The number of carbonyl (C=O) groups is 1. The highest BCUT2D eigenvalue weighted by Crippen LogP contribution is 2.32. The van der Waals surface area contributed by atoms with Crippen LogP contribution < -0.4 is 4.90 Å². The van der Waals surface area contributed by atoms with Crippen LogP contribution in [0.15, 0.2) is 30.3 Å². The van der Waals surface area contributed by atoms with Crippen molar-refractivity contribution >= 4 is 45.0 Å². The van der Waals surface area contributed by atoms with Crippen LogP contribution in [-0.4, -0.2) is 43.0 Å². The molecule has 3 aromatic rings. The van der Waals surface area contributed by atoms with Crippen molar-refractivity contribution in [3.63, 3.8) is 0 Å². The molecule has 6 heteroatoms. The third-order valence-corrected chi connectivity index (χ3v) is 5.98. The number of fused-ring (bicyclic) bond motifs is 1. The number of hydrogen-bond acceptors (Lipinski definition) is 4. The monoisotopic (exact) mass is 417 g/mol. The zero-order chi connectivity index (χ0) is 19.7. The molecule has 0 fully saturated rings. The van der Waals surface area contributed by atoms with Gasteiger partial charge in [0, 0.05) is 18.7 Å². The number of hydrogen-bond donors (Lipinski definition) is 0. The standard InChI is InChI=1S/C22H27N3OS.ClH/c1-14-7-9-18(16(3)13-14)21(26)25(12-11-24(5)6)22-23-20-17(4)15(2)8-10-19(20)27-22;/h7-10,13H,11-12H2,1-6H3;1H. The number of benzene rings is 2. The van der Waals surface area contributed by atoms with Gasteiger partial charge in [0.05, 0.1) is 10.2 Å². The summed E-state index contributed by atoms with van der Waals surface area (Å²) in [4.78, 5) is 22.2. The van der Waals surface area contributed by atoms with Crippen LogP contribution in [0.2, 0.25) is 0 Å². The largest absolute Gasteiger partial charge is 0.308 e. The normalized spacial score (nSPS) is 11.0. The van der Waals surface area contributed by atoms with Crippen molar-refractivity contribution < 1.29 is 4.79 Å². The van der Waals surface area contributed by atoms with Crippen LogP contribution in [0.3, 0.4) is 0 Å². The summed E-state index contributed by atoms with van der Waals surface area (Å²) in [5.41, 5.74) is 6.31. The highest BCUT2D eigenvalue weighted by atomic mass is 35.5. The molecular formula is C22H28ClN3OS. The molecule has 0 saturated carbocycles. The molecule has 2 aromatic carbocycles. The van der Waals surface area contributed by atoms with Crippen LogP contribution in [0.1, 0.15) is 32.6 Å². The Morgan fingerprint density at radius 1 is 1.00 bits per heavy atom. The molecule has 0 aliphatic rings. The summed E-state index contributed by atoms with van der Waals surface area (Å²) in [6, 6.07) is 10.2. The number of nitrogens with zero attached hydrogens (tertiary/aromatic N) is 3. The Bertz CT molecular complexity index is 997. The maximum atomic E-state index is 13.4. The number of thiazole rings is 1. The number of anilines is 1. The maximum Gasteiger partial charge on any atom is 0.260 e. The molecule has 0 atom stereocenters. The van der Waals surface area contributed by atoms with Gasteiger partial charge < -0.3 is 4.90 Å². The first-order chi connectivity index (χ1) is 12.8. The van der Waals surface area contributed by atoms with Crippen LogP contribution in [0.25, 0.3) is 10.2 Å². The minimum absolute atomic E-state index is 0. The molecule has 0 aliphatic heterocycles. The predicted octanol–water partition coefficient (Wildman–Crippen LogP) is 5.16. The first-order valence-corrected chi connectivity index (χ1v) is 10.00. The Hall–Kier alpha value is -1.95.